The predicted octanol–water partition coefficient (Wildman–Crippen LogP) is 2.26. The molecule has 0 spiro atoms. The van der Waals surface area contributed by atoms with Gasteiger partial charge in [-0.1, -0.05) is 0 Å². The number of benzene rings is 1. The lowest BCUT2D eigenvalue weighted by Crippen LogP contribution is -2.31. The van der Waals surface area contributed by atoms with Gasteiger partial charge in [0.05, 0.1) is 39.6 Å². The van der Waals surface area contributed by atoms with E-state index in [1.165, 1.54) is 0 Å². The lowest BCUT2D eigenvalue weighted by atomic mass is 10.1. The summed E-state index contributed by atoms with van der Waals surface area (Å²) in [4.78, 5) is 12.5. The molecule has 5 rings (SSSR count). The summed E-state index contributed by atoms with van der Waals surface area (Å²) in [5.41, 5.74) is 2.95. The number of pyridine rings is 1. The summed E-state index contributed by atoms with van der Waals surface area (Å²) in [5, 5.41) is 9.81. The molecule has 1 atom stereocenters. The predicted molar refractivity (Wildman–Crippen MR) is 97.0 cm³/mol. The van der Waals surface area contributed by atoms with Gasteiger partial charge in [0.2, 0.25) is 10.0 Å². The number of hydrogen-bond acceptors (Lipinski definition) is 5. The quantitative estimate of drug-likeness (QED) is 0.765. The molecule has 0 unspecified atom stereocenters. The molecule has 1 aliphatic carbocycles. The van der Waals surface area contributed by atoms with E-state index in [0.29, 0.717) is 18.7 Å². The van der Waals surface area contributed by atoms with Gasteiger partial charge in [-0.25, -0.2) is 17.7 Å². The first kappa shape index (κ1) is 15.7. The zero-order chi connectivity index (χ0) is 17.9. The maximum Gasteiger partial charge on any atom is 0.217 e. The van der Waals surface area contributed by atoms with Gasteiger partial charge in [0.25, 0.3) is 0 Å². The topological polar surface area (TPSA) is 103 Å². The number of fused-ring (bicyclic) bond motifs is 3. The highest BCUT2D eigenvalue weighted by molar-refractivity contribution is 7.90. The number of nitrogens with one attached hydrogen (secondary N) is 1. The van der Waals surface area contributed by atoms with E-state index in [1.54, 1.807) is 22.6 Å². The lowest BCUT2D eigenvalue weighted by molar-refractivity contribution is 0.470. The van der Waals surface area contributed by atoms with Gasteiger partial charge in [-0.2, -0.15) is 5.26 Å². The Morgan fingerprint density at radius 1 is 1.27 bits per heavy atom. The molecule has 2 aromatic heterocycles. The molecule has 0 radical (unpaired) electrons. The molecule has 2 fully saturated rings. The average Bonchev–Trinajstić information content (AvgIpc) is 3.23. The third-order valence-corrected chi connectivity index (χ3v) is 7.67. The van der Waals surface area contributed by atoms with Crippen molar-refractivity contribution in [2.45, 2.75) is 30.4 Å². The molecule has 132 valence electrons. The maximum atomic E-state index is 12.4. The zero-order valence-electron chi connectivity index (χ0n) is 14.0. The van der Waals surface area contributed by atoms with E-state index in [2.05, 4.69) is 16.0 Å². The van der Waals surface area contributed by atoms with Crippen LogP contribution in [-0.4, -0.2) is 46.0 Å². The van der Waals surface area contributed by atoms with Gasteiger partial charge in [0.15, 0.2) is 0 Å². The van der Waals surface area contributed by atoms with Crippen molar-refractivity contribution < 1.29 is 8.42 Å². The van der Waals surface area contributed by atoms with Crippen molar-refractivity contribution in [1.29, 1.82) is 5.26 Å². The van der Waals surface area contributed by atoms with Crippen LogP contribution in [0.2, 0.25) is 0 Å². The number of H-pyrrole nitrogens is 1. The largest absolute Gasteiger partial charge is 0.340 e. The van der Waals surface area contributed by atoms with Crippen LogP contribution >= 0.6 is 0 Å². The summed E-state index contributed by atoms with van der Waals surface area (Å²) < 4.78 is 26.5. The SMILES string of the molecule is N#Cc1ccc2ncc3[nH]c([C@@H]4CCN(S(=O)(=O)C5CC5)C4)nc3c2c1. The summed E-state index contributed by atoms with van der Waals surface area (Å²) in [5.74, 6) is 0.857. The second kappa shape index (κ2) is 5.50. The van der Waals surface area contributed by atoms with E-state index < -0.39 is 10.0 Å². The molecule has 7 nitrogen and oxygen atoms in total. The van der Waals surface area contributed by atoms with E-state index >= 15 is 0 Å². The number of imidazole rings is 1. The van der Waals surface area contributed by atoms with Crippen molar-refractivity contribution in [2.24, 2.45) is 0 Å². The minimum atomic E-state index is -3.14. The minimum Gasteiger partial charge on any atom is -0.340 e. The molecule has 8 heteroatoms. The Bertz CT molecular complexity index is 1170. The van der Waals surface area contributed by atoms with Crippen LogP contribution in [0.3, 0.4) is 0 Å². The highest BCUT2D eigenvalue weighted by Crippen LogP contribution is 2.36. The smallest absolute Gasteiger partial charge is 0.217 e. The van der Waals surface area contributed by atoms with Crippen LogP contribution in [-0.2, 0) is 10.0 Å². The fraction of sp³-hybridized carbons (Fsp3) is 0.389. The van der Waals surface area contributed by atoms with E-state index in [4.69, 9.17) is 10.2 Å². The number of rotatable bonds is 3. The fourth-order valence-corrected chi connectivity index (χ4v) is 5.60. The summed E-state index contributed by atoms with van der Waals surface area (Å²) in [6.45, 7) is 1.03. The van der Waals surface area contributed by atoms with E-state index in [-0.39, 0.29) is 11.2 Å². The number of aromatic amines is 1. The third kappa shape index (κ3) is 2.39. The number of nitriles is 1. The lowest BCUT2D eigenvalue weighted by Gasteiger charge is -2.15. The first-order chi connectivity index (χ1) is 12.6. The monoisotopic (exact) mass is 367 g/mol. The van der Waals surface area contributed by atoms with Gasteiger partial charge in [0.1, 0.15) is 5.82 Å². The van der Waals surface area contributed by atoms with Gasteiger partial charge in [0, 0.05) is 24.4 Å². The van der Waals surface area contributed by atoms with Gasteiger partial charge >= 0.3 is 0 Å². The third-order valence-electron chi connectivity index (χ3n) is 5.31. The Labute approximate surface area is 150 Å². The van der Waals surface area contributed by atoms with E-state index in [0.717, 1.165) is 47.0 Å². The standard InChI is InChI=1S/C18H17N5O2S/c19-8-11-1-4-15-14(7-11)17-16(9-20-15)21-18(22-17)12-5-6-23(10-12)26(24,25)13-2-3-13/h1,4,7,9,12-13H,2-3,5-6,10H2,(H,21,22)/t12-/m1/s1. The molecule has 1 saturated heterocycles. The Morgan fingerprint density at radius 2 is 2.12 bits per heavy atom. The second-order valence-electron chi connectivity index (χ2n) is 7.07. The van der Waals surface area contributed by atoms with Crippen molar-refractivity contribution in [3.63, 3.8) is 0 Å². The van der Waals surface area contributed by atoms with Crippen molar-refractivity contribution in [3.8, 4) is 6.07 Å². The summed E-state index contributed by atoms with van der Waals surface area (Å²) in [6.07, 6.45) is 4.08. The summed E-state index contributed by atoms with van der Waals surface area (Å²) >= 11 is 0. The van der Waals surface area contributed by atoms with Crippen molar-refractivity contribution in [2.75, 3.05) is 13.1 Å². The Morgan fingerprint density at radius 3 is 2.88 bits per heavy atom. The van der Waals surface area contributed by atoms with Crippen molar-refractivity contribution >= 4 is 32.0 Å². The van der Waals surface area contributed by atoms with Gasteiger partial charge in [-0.3, -0.25) is 4.98 Å². The molecule has 3 aromatic rings. The zero-order valence-corrected chi connectivity index (χ0v) is 14.8. The molecule has 1 aromatic carbocycles. The first-order valence-corrected chi connectivity index (χ1v) is 10.2. The molecular formula is C18H17N5O2S. The Kier molecular flexibility index (Phi) is 3.33. The van der Waals surface area contributed by atoms with Crippen LogP contribution in [0.4, 0.5) is 0 Å². The maximum absolute atomic E-state index is 12.4. The summed E-state index contributed by atoms with van der Waals surface area (Å²) in [7, 11) is -3.14. The van der Waals surface area contributed by atoms with Crippen molar-refractivity contribution in [1.82, 2.24) is 19.3 Å². The Balaban J connectivity index is 1.52. The molecule has 1 N–H and O–H groups in total. The van der Waals surface area contributed by atoms with Gasteiger partial charge in [-0.15, -0.1) is 0 Å². The number of sulfonamides is 1. The fourth-order valence-electron chi connectivity index (χ4n) is 3.70. The molecule has 2 aliphatic rings. The van der Waals surface area contributed by atoms with E-state index in [9.17, 15) is 8.42 Å². The highest BCUT2D eigenvalue weighted by atomic mass is 32.2. The first-order valence-electron chi connectivity index (χ1n) is 8.74. The van der Waals surface area contributed by atoms with Crippen LogP contribution < -0.4 is 0 Å². The molecule has 26 heavy (non-hydrogen) atoms. The van der Waals surface area contributed by atoms with Gasteiger partial charge < -0.3 is 4.98 Å². The van der Waals surface area contributed by atoms with Crippen LogP contribution in [0.1, 0.15) is 36.6 Å². The number of aromatic nitrogens is 3. The molecule has 1 aliphatic heterocycles. The second-order valence-corrected chi connectivity index (χ2v) is 9.29. The Hall–Kier alpha value is -2.50. The molecule has 0 amide bonds. The number of nitrogens with zero attached hydrogens (tertiary/aromatic N) is 4. The van der Waals surface area contributed by atoms with Crippen LogP contribution in [0.25, 0.3) is 21.9 Å². The minimum absolute atomic E-state index is 0.0603. The molecule has 1 saturated carbocycles. The molecular weight excluding hydrogens is 350 g/mol. The van der Waals surface area contributed by atoms with Crippen LogP contribution in [0, 0.1) is 11.3 Å². The molecule has 0 bridgehead atoms. The van der Waals surface area contributed by atoms with Crippen LogP contribution in [0.5, 0.6) is 0 Å². The summed E-state index contributed by atoms with van der Waals surface area (Å²) in [6, 6.07) is 7.51. The van der Waals surface area contributed by atoms with Gasteiger partial charge in [-0.05, 0) is 37.5 Å². The average molecular weight is 367 g/mol. The molecule has 3 heterocycles. The highest BCUT2D eigenvalue weighted by Gasteiger charge is 2.43. The normalized spacial score (nSPS) is 21.4. The van der Waals surface area contributed by atoms with Crippen molar-refractivity contribution in [3.05, 3.63) is 35.8 Å². The van der Waals surface area contributed by atoms with Crippen LogP contribution in [0.15, 0.2) is 24.4 Å². The number of hydrogen-bond donors (Lipinski definition) is 1. The van der Waals surface area contributed by atoms with E-state index in [1.807, 2.05) is 6.07 Å².